The van der Waals surface area contributed by atoms with Gasteiger partial charge in [0.15, 0.2) is 0 Å². The largest absolute Gasteiger partial charge is 0.480 e. The van der Waals surface area contributed by atoms with Gasteiger partial charge in [0.05, 0.1) is 6.54 Å². The van der Waals surface area contributed by atoms with E-state index in [1.54, 1.807) is 0 Å². The van der Waals surface area contributed by atoms with Gasteiger partial charge in [-0.2, -0.15) is 0 Å². The van der Waals surface area contributed by atoms with Crippen LogP contribution in [-0.2, 0) is 9.53 Å². The summed E-state index contributed by atoms with van der Waals surface area (Å²) in [5.74, 6) is -0.841. The van der Waals surface area contributed by atoms with E-state index >= 15 is 0 Å². The number of ether oxygens (including phenoxy) is 1. The minimum absolute atomic E-state index is 0.0173. The van der Waals surface area contributed by atoms with E-state index in [2.05, 4.69) is 5.32 Å². The SMILES string of the molecule is CC(C)(C)OC(=O)N1C2CCC1CC(NCC(=O)O)C2. The third kappa shape index (κ3) is 3.62. The number of carbonyl (C=O) groups excluding carboxylic acids is 1. The summed E-state index contributed by atoms with van der Waals surface area (Å²) in [4.78, 5) is 24.7. The number of amides is 1. The minimum Gasteiger partial charge on any atom is -0.480 e. The maximum atomic E-state index is 12.2. The van der Waals surface area contributed by atoms with Gasteiger partial charge >= 0.3 is 12.1 Å². The molecule has 0 spiro atoms. The summed E-state index contributed by atoms with van der Waals surface area (Å²) >= 11 is 0. The Bertz CT molecular complexity index is 377. The molecule has 2 rings (SSSR count). The highest BCUT2D eigenvalue weighted by molar-refractivity contribution is 5.70. The number of rotatable bonds is 3. The number of aliphatic carboxylic acids is 1. The van der Waals surface area contributed by atoms with Crippen LogP contribution in [0.2, 0.25) is 0 Å². The molecule has 0 aliphatic carbocycles. The molecule has 20 heavy (non-hydrogen) atoms. The molecule has 2 aliphatic heterocycles. The van der Waals surface area contributed by atoms with E-state index in [1.807, 2.05) is 25.7 Å². The van der Waals surface area contributed by atoms with Crippen molar-refractivity contribution in [2.24, 2.45) is 0 Å². The monoisotopic (exact) mass is 284 g/mol. The zero-order valence-corrected chi connectivity index (χ0v) is 12.4. The summed E-state index contributed by atoms with van der Waals surface area (Å²) in [6, 6.07) is 0.534. The molecule has 6 heteroatoms. The highest BCUT2D eigenvalue weighted by Gasteiger charge is 2.44. The van der Waals surface area contributed by atoms with Gasteiger partial charge in [-0.15, -0.1) is 0 Å². The van der Waals surface area contributed by atoms with Crippen LogP contribution in [-0.4, -0.2) is 52.3 Å². The molecule has 2 fully saturated rings. The summed E-state index contributed by atoms with van der Waals surface area (Å²) in [7, 11) is 0. The fraction of sp³-hybridized carbons (Fsp3) is 0.857. The van der Waals surface area contributed by atoms with Crippen LogP contribution in [0.25, 0.3) is 0 Å². The van der Waals surface area contributed by atoms with Crippen molar-refractivity contribution in [3.05, 3.63) is 0 Å². The molecule has 0 aromatic rings. The average Bonchev–Trinajstić information content (AvgIpc) is 2.56. The number of carbonyl (C=O) groups is 2. The van der Waals surface area contributed by atoms with Gasteiger partial charge < -0.3 is 20.1 Å². The Hall–Kier alpha value is -1.30. The molecule has 0 radical (unpaired) electrons. The topological polar surface area (TPSA) is 78.9 Å². The van der Waals surface area contributed by atoms with Crippen molar-refractivity contribution in [2.45, 2.75) is 70.2 Å². The number of nitrogens with zero attached hydrogens (tertiary/aromatic N) is 1. The summed E-state index contributed by atoms with van der Waals surface area (Å²) in [5.41, 5.74) is -0.477. The van der Waals surface area contributed by atoms with E-state index in [0.717, 1.165) is 25.7 Å². The summed E-state index contributed by atoms with van der Waals surface area (Å²) < 4.78 is 5.46. The molecule has 2 heterocycles. The highest BCUT2D eigenvalue weighted by atomic mass is 16.6. The molecule has 2 bridgehead atoms. The van der Waals surface area contributed by atoms with Crippen LogP contribution in [0.15, 0.2) is 0 Å². The van der Waals surface area contributed by atoms with Crippen molar-refractivity contribution < 1.29 is 19.4 Å². The molecule has 114 valence electrons. The lowest BCUT2D eigenvalue weighted by molar-refractivity contribution is -0.136. The Morgan fingerprint density at radius 1 is 1.25 bits per heavy atom. The molecular weight excluding hydrogens is 260 g/mol. The van der Waals surface area contributed by atoms with Crippen molar-refractivity contribution >= 4 is 12.1 Å². The molecule has 1 amide bonds. The van der Waals surface area contributed by atoms with Gasteiger partial charge in [0, 0.05) is 18.1 Å². The lowest BCUT2D eigenvalue weighted by Gasteiger charge is -2.39. The normalized spacial score (nSPS) is 29.4. The molecule has 2 aliphatic rings. The number of piperidine rings is 1. The number of fused-ring (bicyclic) bond motifs is 2. The van der Waals surface area contributed by atoms with Gasteiger partial charge in [-0.1, -0.05) is 0 Å². The van der Waals surface area contributed by atoms with E-state index in [0.29, 0.717) is 0 Å². The first-order valence-electron chi connectivity index (χ1n) is 7.23. The summed E-state index contributed by atoms with van der Waals surface area (Å²) in [6.45, 7) is 5.59. The van der Waals surface area contributed by atoms with E-state index in [9.17, 15) is 9.59 Å². The zero-order chi connectivity index (χ0) is 14.9. The molecular formula is C14H24N2O4. The molecule has 0 saturated carbocycles. The van der Waals surface area contributed by atoms with Gasteiger partial charge in [-0.3, -0.25) is 4.79 Å². The second kappa shape index (κ2) is 5.60. The van der Waals surface area contributed by atoms with Crippen molar-refractivity contribution in [3.63, 3.8) is 0 Å². The van der Waals surface area contributed by atoms with Gasteiger partial charge in [0.2, 0.25) is 0 Å². The zero-order valence-electron chi connectivity index (χ0n) is 12.4. The summed E-state index contributed by atoms with van der Waals surface area (Å²) in [6.07, 6.45) is 3.35. The van der Waals surface area contributed by atoms with Crippen LogP contribution >= 0.6 is 0 Å². The second-order valence-electron chi connectivity index (χ2n) is 6.72. The van der Waals surface area contributed by atoms with Gasteiger partial charge in [-0.05, 0) is 46.5 Å². The fourth-order valence-corrected chi connectivity index (χ4v) is 3.19. The third-order valence-electron chi connectivity index (χ3n) is 3.88. The second-order valence-corrected chi connectivity index (χ2v) is 6.72. The van der Waals surface area contributed by atoms with Crippen molar-refractivity contribution in [2.75, 3.05) is 6.54 Å². The molecule has 2 N–H and O–H groups in total. The van der Waals surface area contributed by atoms with E-state index in [1.165, 1.54) is 0 Å². The predicted molar refractivity (Wildman–Crippen MR) is 73.5 cm³/mol. The smallest absolute Gasteiger partial charge is 0.410 e. The highest BCUT2D eigenvalue weighted by Crippen LogP contribution is 2.36. The van der Waals surface area contributed by atoms with Crippen LogP contribution < -0.4 is 5.32 Å². The fourth-order valence-electron chi connectivity index (χ4n) is 3.19. The number of nitrogens with one attached hydrogen (secondary N) is 1. The number of carboxylic acids is 1. The Morgan fingerprint density at radius 2 is 1.80 bits per heavy atom. The van der Waals surface area contributed by atoms with E-state index < -0.39 is 11.6 Å². The Morgan fingerprint density at radius 3 is 2.25 bits per heavy atom. The number of hydrogen-bond donors (Lipinski definition) is 2. The molecule has 0 aromatic heterocycles. The van der Waals surface area contributed by atoms with Crippen molar-refractivity contribution in [1.82, 2.24) is 10.2 Å². The van der Waals surface area contributed by atoms with Crippen LogP contribution in [0.3, 0.4) is 0 Å². The van der Waals surface area contributed by atoms with Crippen LogP contribution in [0, 0.1) is 0 Å². The minimum atomic E-state index is -0.841. The Labute approximate surface area is 119 Å². The molecule has 2 unspecified atom stereocenters. The van der Waals surface area contributed by atoms with E-state index in [4.69, 9.17) is 9.84 Å². The van der Waals surface area contributed by atoms with Crippen LogP contribution in [0.5, 0.6) is 0 Å². The van der Waals surface area contributed by atoms with Crippen LogP contribution in [0.1, 0.15) is 46.5 Å². The van der Waals surface area contributed by atoms with Crippen molar-refractivity contribution in [1.29, 1.82) is 0 Å². The molecule has 2 saturated heterocycles. The summed E-state index contributed by atoms with van der Waals surface area (Å²) in [5, 5.41) is 11.8. The standard InChI is InChI=1S/C14H24N2O4/c1-14(2,3)20-13(19)16-10-4-5-11(16)7-9(6-10)15-8-12(17)18/h9-11,15H,4-8H2,1-3H3,(H,17,18). The molecule has 6 nitrogen and oxygen atoms in total. The number of hydrogen-bond acceptors (Lipinski definition) is 4. The quantitative estimate of drug-likeness (QED) is 0.823. The Balaban J connectivity index is 1.93. The average molecular weight is 284 g/mol. The number of carboxylic acid groups (broad SMARTS) is 1. The lowest BCUT2D eigenvalue weighted by atomic mass is 9.98. The third-order valence-corrected chi connectivity index (χ3v) is 3.88. The van der Waals surface area contributed by atoms with Gasteiger partial charge in [0.25, 0.3) is 0 Å². The van der Waals surface area contributed by atoms with Crippen molar-refractivity contribution in [3.8, 4) is 0 Å². The predicted octanol–water partition coefficient (Wildman–Crippen LogP) is 1.59. The molecule has 0 aromatic carbocycles. The lowest BCUT2D eigenvalue weighted by Crippen LogP contribution is -2.53. The first-order valence-corrected chi connectivity index (χ1v) is 7.23. The van der Waals surface area contributed by atoms with Gasteiger partial charge in [-0.25, -0.2) is 4.79 Å². The maximum Gasteiger partial charge on any atom is 0.410 e. The maximum absolute atomic E-state index is 12.2. The Kier molecular flexibility index (Phi) is 4.22. The van der Waals surface area contributed by atoms with E-state index in [-0.39, 0.29) is 30.8 Å². The van der Waals surface area contributed by atoms with Gasteiger partial charge in [0.1, 0.15) is 5.60 Å². The first kappa shape index (κ1) is 15.1. The van der Waals surface area contributed by atoms with Crippen LogP contribution in [0.4, 0.5) is 4.79 Å². The first-order chi connectivity index (χ1) is 9.26. The molecule has 2 atom stereocenters.